The minimum Gasteiger partial charge on any atom is -0.488 e. The summed E-state index contributed by atoms with van der Waals surface area (Å²) in [6, 6.07) is 2.77. The van der Waals surface area contributed by atoms with Crippen LogP contribution in [0.4, 0.5) is 5.69 Å². The van der Waals surface area contributed by atoms with Crippen molar-refractivity contribution in [3.8, 4) is 5.75 Å². The number of hydrogen-bond acceptors (Lipinski definition) is 3. The Labute approximate surface area is 103 Å². The van der Waals surface area contributed by atoms with Gasteiger partial charge in [-0.1, -0.05) is 23.2 Å². The lowest BCUT2D eigenvalue weighted by Gasteiger charge is -2.21. The van der Waals surface area contributed by atoms with Gasteiger partial charge in [-0.15, -0.1) is 0 Å². The first-order valence-corrected chi connectivity index (χ1v) is 5.29. The van der Waals surface area contributed by atoms with Gasteiger partial charge in [0.15, 0.2) is 0 Å². The van der Waals surface area contributed by atoms with E-state index in [4.69, 9.17) is 27.9 Å². The molecule has 0 fully saturated rings. The van der Waals surface area contributed by atoms with Crippen molar-refractivity contribution in [2.24, 2.45) is 0 Å². The van der Waals surface area contributed by atoms with Crippen LogP contribution in [0.5, 0.6) is 5.75 Å². The van der Waals surface area contributed by atoms with Gasteiger partial charge >= 0.3 is 5.69 Å². The van der Waals surface area contributed by atoms with Crippen LogP contribution in [0.3, 0.4) is 0 Å². The van der Waals surface area contributed by atoms with Crippen LogP contribution in [0.1, 0.15) is 20.8 Å². The molecular formula is C10H11Cl2NO3. The first-order chi connectivity index (χ1) is 7.20. The third-order valence-electron chi connectivity index (χ3n) is 1.60. The van der Waals surface area contributed by atoms with E-state index in [9.17, 15) is 10.1 Å². The Morgan fingerprint density at radius 1 is 1.25 bits per heavy atom. The number of ether oxygens (including phenoxy) is 1. The first-order valence-electron chi connectivity index (χ1n) is 4.53. The van der Waals surface area contributed by atoms with Crippen molar-refractivity contribution < 1.29 is 9.66 Å². The smallest absolute Gasteiger partial charge is 0.306 e. The van der Waals surface area contributed by atoms with Gasteiger partial charge < -0.3 is 4.74 Å². The maximum Gasteiger partial charge on any atom is 0.306 e. The maximum atomic E-state index is 10.6. The molecule has 88 valence electrons. The third-order valence-corrected chi connectivity index (χ3v) is 2.17. The number of rotatable bonds is 2. The van der Waals surface area contributed by atoms with Gasteiger partial charge in [-0.05, 0) is 20.8 Å². The SMILES string of the molecule is CC(C)(C)Oc1cc(Cl)c([N+](=O)[O-])c(Cl)c1. The molecule has 0 aliphatic rings. The van der Waals surface area contributed by atoms with Crippen LogP contribution in [0.2, 0.25) is 10.0 Å². The largest absolute Gasteiger partial charge is 0.488 e. The van der Waals surface area contributed by atoms with Gasteiger partial charge in [0.05, 0.1) is 4.92 Å². The standard InChI is InChI=1S/C10H11Cl2NO3/c1-10(2,3)16-6-4-7(11)9(13(14)15)8(12)5-6/h4-5H,1-3H3. The second-order valence-electron chi connectivity index (χ2n) is 4.21. The molecule has 0 spiro atoms. The van der Waals surface area contributed by atoms with Crippen molar-refractivity contribution in [2.75, 3.05) is 0 Å². The predicted octanol–water partition coefficient (Wildman–Crippen LogP) is 4.08. The Kier molecular flexibility index (Phi) is 3.65. The fraction of sp³-hybridized carbons (Fsp3) is 0.400. The highest BCUT2D eigenvalue weighted by Crippen LogP contribution is 2.37. The molecule has 0 unspecified atom stereocenters. The third kappa shape index (κ3) is 3.25. The molecule has 1 aromatic rings. The van der Waals surface area contributed by atoms with Crippen LogP contribution >= 0.6 is 23.2 Å². The zero-order valence-electron chi connectivity index (χ0n) is 9.08. The number of nitrogens with zero attached hydrogens (tertiary/aromatic N) is 1. The van der Waals surface area contributed by atoms with E-state index in [1.807, 2.05) is 20.8 Å². The summed E-state index contributed by atoms with van der Waals surface area (Å²) in [6.45, 7) is 5.57. The normalized spacial score (nSPS) is 11.3. The van der Waals surface area contributed by atoms with Crippen molar-refractivity contribution in [3.05, 3.63) is 32.3 Å². The van der Waals surface area contributed by atoms with Gasteiger partial charge in [-0.2, -0.15) is 0 Å². The molecule has 16 heavy (non-hydrogen) atoms. The number of halogens is 2. The highest BCUT2D eigenvalue weighted by Gasteiger charge is 2.21. The Balaban J connectivity index is 3.15. The summed E-state index contributed by atoms with van der Waals surface area (Å²) in [4.78, 5) is 10.0. The topological polar surface area (TPSA) is 52.4 Å². The van der Waals surface area contributed by atoms with E-state index in [0.29, 0.717) is 5.75 Å². The van der Waals surface area contributed by atoms with Gasteiger partial charge in [0.1, 0.15) is 21.4 Å². The van der Waals surface area contributed by atoms with Crippen LogP contribution < -0.4 is 4.74 Å². The second-order valence-corrected chi connectivity index (χ2v) is 5.02. The first kappa shape index (κ1) is 13.1. The van der Waals surface area contributed by atoms with E-state index >= 15 is 0 Å². The van der Waals surface area contributed by atoms with Crippen molar-refractivity contribution in [2.45, 2.75) is 26.4 Å². The average Bonchev–Trinajstić information content (AvgIpc) is 1.96. The molecule has 4 nitrogen and oxygen atoms in total. The van der Waals surface area contributed by atoms with Crippen LogP contribution in [0.25, 0.3) is 0 Å². The monoisotopic (exact) mass is 263 g/mol. The molecule has 0 aromatic heterocycles. The zero-order chi connectivity index (χ0) is 12.5. The Bertz CT molecular complexity index is 404. The van der Waals surface area contributed by atoms with Crippen molar-refractivity contribution in [1.29, 1.82) is 0 Å². The van der Waals surface area contributed by atoms with Crippen molar-refractivity contribution in [1.82, 2.24) is 0 Å². The summed E-state index contributed by atoms with van der Waals surface area (Å²) in [5.41, 5.74) is -0.715. The molecule has 1 aromatic carbocycles. The Hall–Kier alpha value is -1.00. The molecule has 0 amide bonds. The Morgan fingerprint density at radius 3 is 2.00 bits per heavy atom. The molecule has 0 N–H and O–H groups in total. The van der Waals surface area contributed by atoms with E-state index in [0.717, 1.165) is 0 Å². The summed E-state index contributed by atoms with van der Waals surface area (Å²) in [5, 5.41) is 10.6. The maximum absolute atomic E-state index is 10.6. The van der Waals surface area contributed by atoms with E-state index in [-0.39, 0.29) is 15.7 Å². The quantitative estimate of drug-likeness (QED) is 0.597. The lowest BCUT2D eigenvalue weighted by molar-refractivity contribution is -0.384. The molecule has 0 saturated heterocycles. The number of nitro groups is 1. The molecular weight excluding hydrogens is 253 g/mol. The number of hydrogen-bond donors (Lipinski definition) is 0. The van der Waals surface area contributed by atoms with E-state index in [1.165, 1.54) is 12.1 Å². The summed E-state index contributed by atoms with van der Waals surface area (Å²) in [5.74, 6) is 0.410. The van der Waals surface area contributed by atoms with E-state index in [1.54, 1.807) is 0 Å². The summed E-state index contributed by atoms with van der Waals surface area (Å²) in [7, 11) is 0. The molecule has 6 heteroatoms. The predicted molar refractivity (Wildman–Crippen MR) is 63.5 cm³/mol. The molecule has 0 atom stereocenters. The number of nitro benzene ring substituents is 1. The number of benzene rings is 1. The highest BCUT2D eigenvalue weighted by atomic mass is 35.5. The highest BCUT2D eigenvalue weighted by molar-refractivity contribution is 6.38. The summed E-state index contributed by atoms with van der Waals surface area (Å²) < 4.78 is 5.51. The molecule has 0 aliphatic carbocycles. The average molecular weight is 264 g/mol. The van der Waals surface area contributed by atoms with Gasteiger partial charge in [0.25, 0.3) is 0 Å². The van der Waals surface area contributed by atoms with Gasteiger partial charge in [-0.25, -0.2) is 0 Å². The van der Waals surface area contributed by atoms with Crippen molar-refractivity contribution in [3.63, 3.8) is 0 Å². The van der Waals surface area contributed by atoms with Crippen LogP contribution in [-0.4, -0.2) is 10.5 Å². The molecule has 0 bridgehead atoms. The van der Waals surface area contributed by atoms with Crippen LogP contribution in [0, 0.1) is 10.1 Å². The minimum absolute atomic E-state index is 0.0308. The Morgan fingerprint density at radius 2 is 1.69 bits per heavy atom. The molecule has 0 radical (unpaired) electrons. The van der Waals surface area contributed by atoms with Crippen LogP contribution in [-0.2, 0) is 0 Å². The van der Waals surface area contributed by atoms with Crippen LogP contribution in [0.15, 0.2) is 12.1 Å². The molecule has 0 heterocycles. The van der Waals surface area contributed by atoms with Crippen molar-refractivity contribution >= 4 is 28.9 Å². The minimum atomic E-state index is -0.620. The second kappa shape index (κ2) is 4.47. The molecule has 0 aliphatic heterocycles. The van der Waals surface area contributed by atoms with Gasteiger partial charge in [0, 0.05) is 12.1 Å². The summed E-state index contributed by atoms with van der Waals surface area (Å²) in [6.07, 6.45) is 0. The van der Waals surface area contributed by atoms with Gasteiger partial charge in [-0.3, -0.25) is 10.1 Å². The molecule has 1 rings (SSSR count). The summed E-state index contributed by atoms with van der Waals surface area (Å²) >= 11 is 11.5. The zero-order valence-corrected chi connectivity index (χ0v) is 10.6. The lowest BCUT2D eigenvalue weighted by atomic mass is 10.2. The lowest BCUT2D eigenvalue weighted by Crippen LogP contribution is -2.22. The van der Waals surface area contributed by atoms with E-state index < -0.39 is 10.5 Å². The fourth-order valence-electron chi connectivity index (χ4n) is 1.13. The fourth-order valence-corrected chi connectivity index (χ4v) is 1.73. The molecule has 0 saturated carbocycles. The van der Waals surface area contributed by atoms with Gasteiger partial charge in [0.2, 0.25) is 0 Å². The van der Waals surface area contributed by atoms with E-state index in [2.05, 4.69) is 0 Å².